The summed E-state index contributed by atoms with van der Waals surface area (Å²) >= 11 is 0. The number of nitrogens with one attached hydrogen (secondary N) is 2. The summed E-state index contributed by atoms with van der Waals surface area (Å²) in [5.41, 5.74) is 6.08. The van der Waals surface area contributed by atoms with Crippen LogP contribution in [0.15, 0.2) is 72.8 Å². The summed E-state index contributed by atoms with van der Waals surface area (Å²) in [5, 5.41) is 17.2. The molecule has 0 saturated carbocycles. The number of hydrogen-bond donors (Lipinski definition) is 3. The maximum Gasteiger partial charge on any atom is 0.260 e. The molecule has 4 aliphatic rings. The maximum absolute atomic E-state index is 13.9. The fraction of sp³-hybridized carbons (Fsp3) is 0.316. The number of methoxy groups -OCH3 is 2. The van der Waals surface area contributed by atoms with Crippen LogP contribution in [0.3, 0.4) is 0 Å². The van der Waals surface area contributed by atoms with E-state index in [0.29, 0.717) is 40.5 Å². The van der Waals surface area contributed by atoms with Gasteiger partial charge in [0.15, 0.2) is 30.1 Å². The Morgan fingerprint density at radius 3 is 1.94 bits per heavy atom. The van der Waals surface area contributed by atoms with Crippen LogP contribution in [0.5, 0.6) is 23.0 Å². The number of anilines is 4. The van der Waals surface area contributed by atoms with E-state index in [2.05, 4.69) is 10.6 Å². The van der Waals surface area contributed by atoms with Crippen LogP contribution in [0.1, 0.15) is 38.8 Å². The number of hydrogen-bond acceptors (Lipinski definition) is 10. The lowest BCUT2D eigenvalue weighted by atomic mass is 10.0. The van der Waals surface area contributed by atoms with Crippen molar-refractivity contribution in [3.8, 4) is 23.0 Å². The van der Waals surface area contributed by atoms with Crippen molar-refractivity contribution in [2.45, 2.75) is 37.9 Å². The van der Waals surface area contributed by atoms with Gasteiger partial charge in [-0.2, -0.15) is 0 Å². The quantitative estimate of drug-likeness (QED) is 0.184. The Morgan fingerprint density at radius 1 is 0.765 bits per heavy atom. The lowest BCUT2D eigenvalue weighted by Crippen LogP contribution is -2.44. The molecule has 0 radical (unpaired) electrons. The van der Waals surface area contributed by atoms with Crippen molar-refractivity contribution >= 4 is 41.7 Å². The highest BCUT2D eigenvalue weighted by atomic mass is 31.2. The highest BCUT2D eigenvalue weighted by Gasteiger charge is 2.41. The van der Waals surface area contributed by atoms with Gasteiger partial charge in [-0.05, 0) is 55.2 Å². The fourth-order valence-corrected chi connectivity index (χ4v) is 8.57. The first-order valence-corrected chi connectivity index (χ1v) is 19.2. The summed E-state index contributed by atoms with van der Waals surface area (Å²) in [6.07, 6.45) is 0.0936. The molecule has 4 atom stereocenters. The van der Waals surface area contributed by atoms with E-state index in [-0.39, 0.29) is 54.1 Å². The number of para-hydroxylation sites is 2. The van der Waals surface area contributed by atoms with Gasteiger partial charge in [0.1, 0.15) is 19.0 Å². The van der Waals surface area contributed by atoms with Gasteiger partial charge in [0.25, 0.3) is 11.8 Å². The molecule has 2 unspecified atom stereocenters. The molecule has 0 spiro atoms. The van der Waals surface area contributed by atoms with Crippen LogP contribution in [-0.4, -0.2) is 74.9 Å². The zero-order chi connectivity index (χ0) is 35.4. The van der Waals surface area contributed by atoms with Crippen molar-refractivity contribution in [3.63, 3.8) is 0 Å². The number of benzene rings is 4. The molecular formula is C38H39N4O8P. The normalized spacial score (nSPS) is 20.9. The molecule has 4 aliphatic heterocycles. The molecule has 0 saturated heterocycles. The summed E-state index contributed by atoms with van der Waals surface area (Å²) in [6.45, 7) is 2.58. The van der Waals surface area contributed by atoms with Crippen LogP contribution in [0, 0.1) is 0 Å². The van der Waals surface area contributed by atoms with Crippen LogP contribution in [0.2, 0.25) is 0 Å². The number of carbonyl (C=O) groups is 2. The topological polar surface area (TPSA) is 139 Å². The van der Waals surface area contributed by atoms with E-state index in [4.69, 9.17) is 18.9 Å². The monoisotopic (exact) mass is 710 g/mol. The standard InChI is InChI=1S/C38H39N4O8P/c1-22-32-13-24-9-5-7-11-31(24)42(32)38(45)27-15-34(48-3)36(17-29(27)40-22)50-21-51(46,19-43)20-49-35-16-28-26(14-33(35)47-2)37(44)41-25(18-39-28)12-23-8-4-6-10-30(23)41/h4-11,14-17,22,25,32,39-40,43H,12-13,18-21H2,1-3H3/t22?,25-,32-,51?/m0/s1. The first-order valence-electron chi connectivity index (χ1n) is 16.9. The zero-order valence-electron chi connectivity index (χ0n) is 28.5. The molecule has 3 N–H and O–H groups in total. The third kappa shape index (κ3) is 5.63. The molecule has 0 aliphatic carbocycles. The molecular weight excluding hydrogens is 671 g/mol. The van der Waals surface area contributed by atoms with Crippen LogP contribution in [0.25, 0.3) is 0 Å². The Bertz CT molecular complexity index is 2110. The van der Waals surface area contributed by atoms with Gasteiger partial charge in [0.05, 0.1) is 48.8 Å². The van der Waals surface area contributed by atoms with Crippen LogP contribution < -0.4 is 39.4 Å². The van der Waals surface area contributed by atoms with Gasteiger partial charge in [-0.15, -0.1) is 0 Å². The summed E-state index contributed by atoms with van der Waals surface area (Å²) in [4.78, 5) is 31.4. The molecule has 0 bridgehead atoms. The average molecular weight is 711 g/mol. The minimum absolute atomic E-state index is 0.0419. The SMILES string of the molecule is COc1cc2c(cc1OCP(=O)(CO)COc1cc3c(cc1OC)C(=O)N1c4ccccc4C[C@H]1C(C)N3)NC[C@@H]1Cc3ccccc3N1C2=O. The predicted molar refractivity (Wildman–Crippen MR) is 195 cm³/mol. The van der Waals surface area contributed by atoms with Crippen LogP contribution >= 0.6 is 7.14 Å². The van der Waals surface area contributed by atoms with Crippen molar-refractivity contribution in [1.82, 2.24) is 0 Å². The predicted octanol–water partition coefficient (Wildman–Crippen LogP) is 5.77. The molecule has 0 fully saturated rings. The smallest absolute Gasteiger partial charge is 0.260 e. The Balaban J connectivity index is 1.00. The molecule has 264 valence electrons. The molecule has 4 heterocycles. The second-order valence-corrected chi connectivity index (χ2v) is 16.3. The fourth-order valence-electron chi connectivity index (χ4n) is 7.58. The van der Waals surface area contributed by atoms with Crippen molar-refractivity contribution < 1.29 is 38.2 Å². The van der Waals surface area contributed by atoms with Gasteiger partial charge in [-0.1, -0.05) is 36.4 Å². The van der Waals surface area contributed by atoms with E-state index in [1.54, 1.807) is 24.3 Å². The minimum Gasteiger partial charge on any atom is -0.493 e. The molecule has 51 heavy (non-hydrogen) atoms. The van der Waals surface area contributed by atoms with Gasteiger partial charge < -0.3 is 49.1 Å². The van der Waals surface area contributed by atoms with E-state index < -0.39 is 13.5 Å². The Hall–Kier alpha value is -5.19. The number of ether oxygens (including phenoxy) is 4. The Morgan fingerprint density at radius 2 is 1.31 bits per heavy atom. The van der Waals surface area contributed by atoms with E-state index >= 15 is 0 Å². The van der Waals surface area contributed by atoms with Gasteiger partial charge in [0, 0.05) is 36.1 Å². The molecule has 8 rings (SSSR count). The number of fused-ring (bicyclic) bond motifs is 8. The number of rotatable bonds is 9. The minimum atomic E-state index is -3.50. The number of carbonyl (C=O) groups excluding carboxylic acids is 2. The number of amides is 2. The van der Waals surface area contributed by atoms with E-state index in [9.17, 15) is 19.3 Å². The number of nitrogens with zero attached hydrogens (tertiary/aromatic N) is 2. The Labute approximate surface area is 295 Å². The maximum atomic E-state index is 13.9. The molecule has 4 aromatic carbocycles. The third-order valence-corrected chi connectivity index (χ3v) is 12.0. The van der Waals surface area contributed by atoms with Crippen molar-refractivity contribution in [3.05, 3.63) is 95.1 Å². The van der Waals surface area contributed by atoms with Gasteiger partial charge >= 0.3 is 0 Å². The van der Waals surface area contributed by atoms with E-state index in [1.807, 2.05) is 65.3 Å². The largest absolute Gasteiger partial charge is 0.493 e. The highest BCUT2D eigenvalue weighted by Crippen LogP contribution is 2.48. The van der Waals surface area contributed by atoms with Crippen LogP contribution in [0.4, 0.5) is 22.7 Å². The Kier molecular flexibility index (Phi) is 8.31. The average Bonchev–Trinajstić information content (AvgIpc) is 3.67. The van der Waals surface area contributed by atoms with E-state index in [1.165, 1.54) is 14.2 Å². The zero-order valence-corrected chi connectivity index (χ0v) is 29.4. The molecule has 13 heteroatoms. The van der Waals surface area contributed by atoms with Gasteiger partial charge in [-0.25, -0.2) is 0 Å². The molecule has 12 nitrogen and oxygen atoms in total. The number of aliphatic hydroxyl groups is 1. The molecule has 0 aromatic heterocycles. The summed E-state index contributed by atoms with van der Waals surface area (Å²) in [6, 6.07) is 22.3. The summed E-state index contributed by atoms with van der Waals surface area (Å²) < 4.78 is 37.3. The molecule has 2 amide bonds. The number of aliphatic hydroxyl groups excluding tert-OH is 1. The first-order chi connectivity index (χ1) is 24.7. The van der Waals surface area contributed by atoms with Crippen LogP contribution in [-0.2, 0) is 17.4 Å². The van der Waals surface area contributed by atoms with E-state index in [0.717, 1.165) is 35.3 Å². The third-order valence-electron chi connectivity index (χ3n) is 10.2. The molecule has 4 aromatic rings. The van der Waals surface area contributed by atoms with Crippen molar-refractivity contribution in [2.75, 3.05) is 60.2 Å². The van der Waals surface area contributed by atoms with Crippen molar-refractivity contribution in [2.24, 2.45) is 0 Å². The van der Waals surface area contributed by atoms with Gasteiger partial charge in [0.2, 0.25) is 0 Å². The lowest BCUT2D eigenvalue weighted by Gasteiger charge is -2.27. The lowest BCUT2D eigenvalue weighted by molar-refractivity contribution is 0.0974. The van der Waals surface area contributed by atoms with Crippen molar-refractivity contribution in [1.29, 1.82) is 0 Å². The van der Waals surface area contributed by atoms with Gasteiger partial charge in [-0.3, -0.25) is 9.59 Å². The first kappa shape index (κ1) is 33.0. The highest BCUT2D eigenvalue weighted by molar-refractivity contribution is 7.63. The summed E-state index contributed by atoms with van der Waals surface area (Å²) in [5.74, 6) is 0.836. The second kappa shape index (κ2) is 12.9. The summed E-state index contributed by atoms with van der Waals surface area (Å²) in [7, 11) is -0.553. The second-order valence-electron chi connectivity index (χ2n) is 13.4.